The largest absolute Gasteiger partial charge is 0.351 e. The lowest BCUT2D eigenvalue weighted by molar-refractivity contribution is 0.0706. The second kappa shape index (κ2) is 4.96. The summed E-state index contributed by atoms with van der Waals surface area (Å²) in [5.41, 5.74) is 2.19. The second-order valence-electron chi connectivity index (χ2n) is 6.86. The first-order valence-corrected chi connectivity index (χ1v) is 7.34. The van der Waals surface area contributed by atoms with Gasteiger partial charge in [-0.05, 0) is 39.3 Å². The molecule has 6 heteroatoms. The number of amides is 1. The lowest BCUT2D eigenvalue weighted by Gasteiger charge is -2.42. The van der Waals surface area contributed by atoms with E-state index in [2.05, 4.69) is 35.6 Å². The van der Waals surface area contributed by atoms with Gasteiger partial charge >= 0.3 is 0 Å². The van der Waals surface area contributed by atoms with Gasteiger partial charge in [-0.15, -0.1) is 0 Å². The molecule has 21 heavy (non-hydrogen) atoms. The molecule has 0 unspecified atom stereocenters. The lowest BCUT2D eigenvalue weighted by atomic mass is 10.0. The number of hydrogen-bond donors (Lipinski definition) is 2. The molecule has 1 aromatic heterocycles. The van der Waals surface area contributed by atoms with Crippen LogP contribution >= 0.6 is 0 Å². The number of hydroxylamine groups is 1. The van der Waals surface area contributed by atoms with Gasteiger partial charge in [0.05, 0.1) is 5.56 Å². The number of rotatable bonds is 2. The number of hydrogen-bond acceptors (Lipinski definition) is 5. The van der Waals surface area contributed by atoms with Crippen molar-refractivity contribution < 1.29 is 10.0 Å². The van der Waals surface area contributed by atoms with Crippen LogP contribution in [0.3, 0.4) is 0 Å². The second-order valence-corrected chi connectivity index (χ2v) is 6.86. The molecule has 3 rings (SSSR count). The molecule has 0 aromatic carbocycles. The van der Waals surface area contributed by atoms with Gasteiger partial charge in [0.25, 0.3) is 5.91 Å². The van der Waals surface area contributed by atoms with Gasteiger partial charge in [-0.2, -0.15) is 0 Å². The normalized spacial score (nSPS) is 25.4. The maximum absolute atomic E-state index is 11.3. The number of fused-ring (bicyclic) bond motifs is 2. The highest BCUT2D eigenvalue weighted by Gasteiger charge is 2.47. The maximum atomic E-state index is 11.3. The topological polar surface area (TPSA) is 68.7 Å². The van der Waals surface area contributed by atoms with Crippen LogP contribution in [0.1, 0.15) is 37.6 Å². The van der Waals surface area contributed by atoms with Crippen LogP contribution in [-0.4, -0.2) is 51.7 Å². The van der Waals surface area contributed by atoms with E-state index in [9.17, 15) is 4.79 Å². The average Bonchev–Trinajstić information content (AvgIpc) is 3.06. The Morgan fingerprint density at radius 3 is 2.57 bits per heavy atom. The van der Waals surface area contributed by atoms with E-state index in [1.54, 1.807) is 11.5 Å². The first-order valence-electron chi connectivity index (χ1n) is 7.34. The Bertz CT molecular complexity index is 538. The number of carbonyl (C=O) groups is 1. The van der Waals surface area contributed by atoms with E-state index in [0.29, 0.717) is 17.6 Å². The van der Waals surface area contributed by atoms with E-state index < -0.39 is 5.91 Å². The summed E-state index contributed by atoms with van der Waals surface area (Å²) in [5, 5.41) is 8.62. The molecule has 0 saturated carbocycles. The van der Waals surface area contributed by atoms with Gasteiger partial charge in [-0.3, -0.25) is 14.9 Å². The highest BCUT2D eigenvalue weighted by atomic mass is 16.5. The van der Waals surface area contributed by atoms with Gasteiger partial charge in [-0.1, -0.05) is 0 Å². The molecule has 2 atom stereocenters. The molecular formula is C15H22N4O2. The number of nitrogens with zero attached hydrogens (tertiary/aromatic N) is 3. The maximum Gasteiger partial charge on any atom is 0.276 e. The third-order valence-corrected chi connectivity index (χ3v) is 4.51. The predicted molar refractivity (Wildman–Crippen MR) is 79.5 cm³/mol. The Balaban J connectivity index is 1.72. The third kappa shape index (κ3) is 2.49. The fraction of sp³-hybridized carbons (Fsp3) is 0.600. The van der Waals surface area contributed by atoms with E-state index in [4.69, 9.17) is 5.21 Å². The third-order valence-electron chi connectivity index (χ3n) is 4.51. The summed E-state index contributed by atoms with van der Waals surface area (Å²) in [6, 6.07) is 4.63. The molecule has 2 saturated heterocycles. The molecule has 0 radical (unpaired) electrons. The van der Waals surface area contributed by atoms with Crippen LogP contribution in [0.25, 0.3) is 0 Å². The smallest absolute Gasteiger partial charge is 0.276 e. The molecule has 6 nitrogen and oxygen atoms in total. The zero-order valence-electron chi connectivity index (χ0n) is 12.7. The van der Waals surface area contributed by atoms with Crippen molar-refractivity contribution in [3.05, 3.63) is 23.9 Å². The van der Waals surface area contributed by atoms with E-state index in [1.807, 2.05) is 6.07 Å². The average molecular weight is 290 g/mol. The molecule has 2 N–H and O–H groups in total. The number of aromatic nitrogens is 1. The van der Waals surface area contributed by atoms with Crippen molar-refractivity contribution in [1.82, 2.24) is 15.4 Å². The fourth-order valence-corrected chi connectivity index (χ4v) is 3.52. The molecule has 114 valence electrons. The van der Waals surface area contributed by atoms with E-state index in [1.165, 1.54) is 12.6 Å². The highest BCUT2D eigenvalue weighted by Crippen LogP contribution is 2.37. The van der Waals surface area contributed by atoms with Crippen molar-refractivity contribution in [3.8, 4) is 0 Å². The van der Waals surface area contributed by atoms with E-state index >= 15 is 0 Å². The number of nitrogens with one attached hydrogen (secondary N) is 1. The fourth-order valence-electron chi connectivity index (χ4n) is 3.52. The van der Waals surface area contributed by atoms with Crippen LogP contribution in [0.5, 0.6) is 0 Å². The molecule has 1 amide bonds. The summed E-state index contributed by atoms with van der Waals surface area (Å²) in [6.07, 6.45) is 2.69. The van der Waals surface area contributed by atoms with Crippen LogP contribution in [0.15, 0.2) is 18.3 Å². The molecule has 2 fully saturated rings. The summed E-state index contributed by atoms with van der Waals surface area (Å²) < 4.78 is 0. The molecule has 2 aliphatic rings. The summed E-state index contributed by atoms with van der Waals surface area (Å²) in [6.45, 7) is 8.84. The minimum atomic E-state index is -0.532. The summed E-state index contributed by atoms with van der Waals surface area (Å²) in [4.78, 5) is 20.6. The number of anilines is 1. The zero-order chi connectivity index (χ0) is 15.2. The molecule has 0 spiro atoms. The van der Waals surface area contributed by atoms with Crippen molar-refractivity contribution in [2.75, 3.05) is 18.0 Å². The minimum Gasteiger partial charge on any atom is -0.351 e. The van der Waals surface area contributed by atoms with E-state index in [-0.39, 0.29) is 5.54 Å². The Morgan fingerprint density at radius 2 is 2.10 bits per heavy atom. The molecule has 2 bridgehead atoms. The van der Waals surface area contributed by atoms with Crippen molar-refractivity contribution in [3.63, 3.8) is 0 Å². The molecule has 1 aromatic rings. The van der Waals surface area contributed by atoms with Crippen LogP contribution < -0.4 is 10.4 Å². The van der Waals surface area contributed by atoms with Gasteiger partial charge in [0.2, 0.25) is 0 Å². The molecule has 2 aliphatic heterocycles. The Hall–Kier alpha value is -1.66. The monoisotopic (exact) mass is 290 g/mol. The van der Waals surface area contributed by atoms with Crippen LogP contribution in [0.2, 0.25) is 0 Å². The van der Waals surface area contributed by atoms with Crippen molar-refractivity contribution in [2.24, 2.45) is 0 Å². The number of piperazine rings is 1. The first-order chi connectivity index (χ1) is 9.90. The van der Waals surface area contributed by atoms with Gasteiger partial charge < -0.3 is 4.90 Å². The predicted octanol–water partition coefficient (Wildman–Crippen LogP) is 1.26. The van der Waals surface area contributed by atoms with Crippen LogP contribution in [-0.2, 0) is 0 Å². The first kappa shape index (κ1) is 14.3. The molecule has 0 aliphatic carbocycles. The number of carbonyl (C=O) groups excluding carboxylic acids is 1. The van der Waals surface area contributed by atoms with Gasteiger partial charge in [-0.25, -0.2) is 10.5 Å². The lowest BCUT2D eigenvalue weighted by Crippen LogP contribution is -2.53. The molecule has 3 heterocycles. The van der Waals surface area contributed by atoms with Crippen molar-refractivity contribution in [1.29, 1.82) is 0 Å². The Kier molecular flexibility index (Phi) is 3.37. The Morgan fingerprint density at radius 1 is 1.33 bits per heavy atom. The number of pyridine rings is 1. The summed E-state index contributed by atoms with van der Waals surface area (Å²) in [7, 11) is 0. The van der Waals surface area contributed by atoms with Gasteiger partial charge in [0.15, 0.2) is 0 Å². The van der Waals surface area contributed by atoms with Crippen LogP contribution in [0.4, 0.5) is 5.82 Å². The number of likely N-dealkylation sites (tertiary alicyclic amines) is 1. The minimum absolute atomic E-state index is 0.210. The standard InChI is InChI=1S/C15H22N4O2/c1-15(2,3)19-9-11-6-12(19)8-18(11)13-5-4-10(7-16-13)14(20)17-21/h4-5,7,11-12,21H,6,8-9H2,1-3H3,(H,17,20)/t11-,12-/m1/s1. The quantitative estimate of drug-likeness (QED) is 0.634. The van der Waals surface area contributed by atoms with Crippen LogP contribution in [0, 0.1) is 0 Å². The van der Waals surface area contributed by atoms with E-state index in [0.717, 1.165) is 18.9 Å². The SMILES string of the molecule is CC(C)(C)N1C[C@H]2C[C@@H]1CN2c1ccc(C(=O)NO)cn1. The summed E-state index contributed by atoms with van der Waals surface area (Å²) in [5.74, 6) is 0.376. The van der Waals surface area contributed by atoms with Gasteiger partial charge in [0, 0.05) is 36.9 Å². The van der Waals surface area contributed by atoms with Crippen molar-refractivity contribution in [2.45, 2.75) is 44.8 Å². The highest BCUT2D eigenvalue weighted by molar-refractivity contribution is 5.93. The van der Waals surface area contributed by atoms with Gasteiger partial charge in [0.1, 0.15) is 5.82 Å². The summed E-state index contributed by atoms with van der Waals surface area (Å²) >= 11 is 0. The Labute approximate surface area is 124 Å². The van der Waals surface area contributed by atoms with Crippen molar-refractivity contribution >= 4 is 11.7 Å². The molecular weight excluding hydrogens is 268 g/mol. The zero-order valence-corrected chi connectivity index (χ0v) is 12.7.